The van der Waals surface area contributed by atoms with E-state index in [-0.39, 0.29) is 29.4 Å². The highest BCUT2D eigenvalue weighted by atomic mass is 16.6. The van der Waals surface area contributed by atoms with Crippen molar-refractivity contribution in [1.29, 1.82) is 0 Å². The number of likely N-dealkylation sites (N-methyl/N-ethyl adjacent to an activating group) is 2. The number of nitro benzene ring substituents is 1. The van der Waals surface area contributed by atoms with Crippen molar-refractivity contribution in [2.75, 3.05) is 50.3 Å². The van der Waals surface area contributed by atoms with Crippen molar-refractivity contribution >= 4 is 51.8 Å². The molecular formula is C28H27N5O6. The molecule has 0 saturated heterocycles. The van der Waals surface area contributed by atoms with Crippen molar-refractivity contribution in [3.05, 3.63) is 93.5 Å². The van der Waals surface area contributed by atoms with Crippen LogP contribution in [-0.4, -0.2) is 62.4 Å². The molecule has 3 aromatic rings. The SMILES string of the molecule is COC(=O)c1ccc2c(c1)NC(=O)C2=C(Nc1ccc(N(C)C(=O)CN(C)C)c([N+](=O)[O-])c1)c1ccccc1. The first-order valence-electron chi connectivity index (χ1n) is 11.9. The van der Waals surface area contributed by atoms with Crippen LogP contribution in [0.25, 0.3) is 11.3 Å². The van der Waals surface area contributed by atoms with E-state index in [1.165, 1.54) is 37.3 Å². The molecular weight excluding hydrogens is 502 g/mol. The number of fused-ring (bicyclic) bond motifs is 1. The van der Waals surface area contributed by atoms with Crippen LogP contribution < -0.4 is 15.5 Å². The fraction of sp³-hybridized carbons (Fsp3) is 0.179. The summed E-state index contributed by atoms with van der Waals surface area (Å²) < 4.78 is 4.78. The van der Waals surface area contributed by atoms with Crippen LogP contribution in [0.2, 0.25) is 0 Å². The van der Waals surface area contributed by atoms with Gasteiger partial charge in [-0.1, -0.05) is 36.4 Å². The fourth-order valence-electron chi connectivity index (χ4n) is 4.24. The number of benzene rings is 3. The van der Waals surface area contributed by atoms with E-state index in [0.29, 0.717) is 33.8 Å². The predicted octanol–water partition coefficient (Wildman–Crippen LogP) is 3.84. The molecule has 11 nitrogen and oxygen atoms in total. The largest absolute Gasteiger partial charge is 0.465 e. The lowest BCUT2D eigenvalue weighted by Gasteiger charge is -2.20. The van der Waals surface area contributed by atoms with E-state index >= 15 is 0 Å². The van der Waals surface area contributed by atoms with Gasteiger partial charge in [0.05, 0.1) is 41.1 Å². The molecule has 0 aromatic heterocycles. The Morgan fingerprint density at radius 3 is 2.36 bits per heavy atom. The molecule has 0 saturated carbocycles. The van der Waals surface area contributed by atoms with Crippen molar-refractivity contribution in [3.8, 4) is 0 Å². The Bertz CT molecular complexity index is 1500. The molecule has 39 heavy (non-hydrogen) atoms. The van der Waals surface area contributed by atoms with Gasteiger partial charge < -0.3 is 25.2 Å². The lowest BCUT2D eigenvalue weighted by atomic mass is 9.99. The predicted molar refractivity (Wildman–Crippen MR) is 148 cm³/mol. The van der Waals surface area contributed by atoms with Crippen LogP contribution in [0, 0.1) is 10.1 Å². The second-order valence-electron chi connectivity index (χ2n) is 9.10. The zero-order valence-corrected chi connectivity index (χ0v) is 21.8. The van der Waals surface area contributed by atoms with Gasteiger partial charge in [0.25, 0.3) is 11.6 Å². The van der Waals surface area contributed by atoms with Gasteiger partial charge in [0, 0.05) is 24.4 Å². The molecule has 11 heteroatoms. The summed E-state index contributed by atoms with van der Waals surface area (Å²) in [6.45, 7) is 0.0874. The number of hydrogen-bond donors (Lipinski definition) is 2. The highest BCUT2D eigenvalue weighted by Crippen LogP contribution is 2.39. The van der Waals surface area contributed by atoms with Gasteiger partial charge in [0.2, 0.25) is 5.91 Å². The molecule has 200 valence electrons. The molecule has 2 N–H and O–H groups in total. The molecule has 1 aliphatic heterocycles. The number of hydrogen-bond acceptors (Lipinski definition) is 8. The normalized spacial score (nSPS) is 13.4. The first-order valence-corrected chi connectivity index (χ1v) is 11.9. The minimum absolute atomic E-state index is 0.0874. The Labute approximate surface area is 224 Å². The van der Waals surface area contributed by atoms with Crippen LogP contribution in [0.5, 0.6) is 0 Å². The number of carbonyl (C=O) groups is 3. The molecule has 0 fully saturated rings. The third-order valence-corrected chi connectivity index (χ3v) is 6.13. The monoisotopic (exact) mass is 529 g/mol. The Balaban J connectivity index is 1.81. The van der Waals surface area contributed by atoms with Crippen molar-refractivity contribution in [1.82, 2.24) is 4.90 Å². The number of carbonyl (C=O) groups excluding carboxylic acids is 3. The van der Waals surface area contributed by atoms with Gasteiger partial charge in [-0.3, -0.25) is 19.7 Å². The lowest BCUT2D eigenvalue weighted by molar-refractivity contribution is -0.384. The third kappa shape index (κ3) is 5.63. The number of amides is 2. The Morgan fingerprint density at radius 2 is 1.72 bits per heavy atom. The summed E-state index contributed by atoms with van der Waals surface area (Å²) in [5.74, 6) is -1.24. The maximum atomic E-state index is 13.2. The topological polar surface area (TPSA) is 134 Å². The smallest absolute Gasteiger partial charge is 0.337 e. The van der Waals surface area contributed by atoms with E-state index in [9.17, 15) is 24.5 Å². The molecule has 1 aliphatic rings. The summed E-state index contributed by atoms with van der Waals surface area (Å²) in [4.78, 5) is 52.1. The molecule has 0 aliphatic carbocycles. The Hall–Kier alpha value is -5.03. The van der Waals surface area contributed by atoms with E-state index in [2.05, 4.69) is 10.6 Å². The number of esters is 1. The molecule has 1 heterocycles. The molecule has 2 amide bonds. The number of methoxy groups -OCH3 is 1. The number of rotatable bonds is 8. The summed E-state index contributed by atoms with van der Waals surface area (Å²) in [6.07, 6.45) is 0. The van der Waals surface area contributed by atoms with Crippen molar-refractivity contribution in [2.24, 2.45) is 0 Å². The van der Waals surface area contributed by atoms with Crippen molar-refractivity contribution in [2.45, 2.75) is 0 Å². The van der Waals surface area contributed by atoms with Crippen molar-refractivity contribution < 1.29 is 24.0 Å². The van der Waals surface area contributed by atoms with Crippen LogP contribution in [0.4, 0.5) is 22.7 Å². The second-order valence-corrected chi connectivity index (χ2v) is 9.10. The van der Waals surface area contributed by atoms with Gasteiger partial charge in [-0.2, -0.15) is 0 Å². The van der Waals surface area contributed by atoms with E-state index in [1.807, 2.05) is 18.2 Å². The molecule has 4 rings (SSSR count). The molecule has 0 unspecified atom stereocenters. The highest BCUT2D eigenvalue weighted by molar-refractivity contribution is 6.37. The molecule has 0 spiro atoms. The zero-order chi connectivity index (χ0) is 28.3. The van der Waals surface area contributed by atoms with Gasteiger partial charge in [-0.05, 0) is 43.9 Å². The summed E-state index contributed by atoms with van der Waals surface area (Å²) >= 11 is 0. The first kappa shape index (κ1) is 27.0. The molecule has 0 bridgehead atoms. The van der Waals surface area contributed by atoms with Crippen molar-refractivity contribution in [3.63, 3.8) is 0 Å². The maximum Gasteiger partial charge on any atom is 0.337 e. The maximum absolute atomic E-state index is 13.2. The minimum atomic E-state index is -0.554. The zero-order valence-electron chi connectivity index (χ0n) is 21.8. The first-order chi connectivity index (χ1) is 18.6. The van der Waals surface area contributed by atoms with Crippen LogP contribution in [-0.2, 0) is 14.3 Å². The van der Waals surface area contributed by atoms with E-state index in [4.69, 9.17) is 4.74 Å². The Morgan fingerprint density at radius 1 is 1.00 bits per heavy atom. The van der Waals surface area contributed by atoms with Crippen LogP contribution >= 0.6 is 0 Å². The molecule has 3 aromatic carbocycles. The van der Waals surface area contributed by atoms with E-state index in [1.54, 1.807) is 49.3 Å². The van der Waals surface area contributed by atoms with Crippen LogP contribution in [0.3, 0.4) is 0 Å². The number of nitro groups is 1. The summed E-state index contributed by atoms with van der Waals surface area (Å²) in [5, 5.41) is 18.0. The van der Waals surface area contributed by atoms with Gasteiger partial charge in [0.1, 0.15) is 5.69 Å². The van der Waals surface area contributed by atoms with Gasteiger partial charge in [0.15, 0.2) is 0 Å². The van der Waals surface area contributed by atoms with Gasteiger partial charge in [-0.15, -0.1) is 0 Å². The van der Waals surface area contributed by atoms with Gasteiger partial charge >= 0.3 is 5.97 Å². The highest BCUT2D eigenvalue weighted by Gasteiger charge is 2.30. The standard InChI is InChI=1S/C28H27N5O6/c1-31(2)16-24(34)32(3)22-13-11-19(15-23(22)33(37)38)29-26(17-8-6-5-7-9-17)25-20-12-10-18(28(36)39-4)14-21(20)30-27(25)35/h5-15,29H,16H2,1-4H3,(H,30,35). The lowest BCUT2D eigenvalue weighted by Crippen LogP contribution is -2.35. The summed E-state index contributed by atoms with van der Waals surface area (Å²) in [6, 6.07) is 18.2. The third-order valence-electron chi connectivity index (χ3n) is 6.13. The fourth-order valence-corrected chi connectivity index (χ4v) is 4.24. The number of anilines is 3. The quantitative estimate of drug-likeness (QED) is 0.195. The van der Waals surface area contributed by atoms with Crippen LogP contribution in [0.1, 0.15) is 21.5 Å². The Kier molecular flexibility index (Phi) is 7.73. The second kappa shape index (κ2) is 11.2. The average Bonchev–Trinajstić information content (AvgIpc) is 3.25. The van der Waals surface area contributed by atoms with E-state index in [0.717, 1.165) is 0 Å². The summed E-state index contributed by atoms with van der Waals surface area (Å²) in [7, 11) is 6.23. The van der Waals surface area contributed by atoms with E-state index < -0.39 is 16.8 Å². The number of nitrogens with one attached hydrogen (secondary N) is 2. The molecule has 0 atom stereocenters. The number of nitrogens with zero attached hydrogens (tertiary/aromatic N) is 3. The summed E-state index contributed by atoms with van der Waals surface area (Å²) in [5.41, 5.74) is 2.88. The molecule has 0 radical (unpaired) electrons. The van der Waals surface area contributed by atoms with Gasteiger partial charge in [-0.25, -0.2) is 4.79 Å². The average molecular weight is 530 g/mol. The minimum Gasteiger partial charge on any atom is -0.465 e. The van der Waals surface area contributed by atoms with Crippen LogP contribution in [0.15, 0.2) is 66.7 Å². The number of ether oxygens (including phenoxy) is 1.